The van der Waals surface area contributed by atoms with Crippen molar-refractivity contribution in [1.82, 2.24) is 30.1 Å². The summed E-state index contributed by atoms with van der Waals surface area (Å²) in [7, 11) is 1.23. The lowest BCUT2D eigenvalue weighted by molar-refractivity contribution is 0.0358. The Morgan fingerprint density at radius 2 is 2.03 bits per heavy atom. The van der Waals surface area contributed by atoms with Crippen LogP contribution in [0.15, 0.2) is 42.9 Å². The van der Waals surface area contributed by atoms with E-state index in [2.05, 4.69) is 20.4 Å². The van der Waals surface area contributed by atoms with Crippen molar-refractivity contribution < 1.29 is 19.1 Å². The number of likely N-dealkylation sites (tertiary alicyclic amines) is 1. The van der Waals surface area contributed by atoms with Crippen molar-refractivity contribution in [3.8, 4) is 17.6 Å². The second-order valence-electron chi connectivity index (χ2n) is 7.51. The molecule has 3 heterocycles. The number of piperidine rings is 1. The second kappa shape index (κ2) is 9.44. The van der Waals surface area contributed by atoms with Crippen LogP contribution >= 0.6 is 0 Å². The number of hydrogen-bond acceptors (Lipinski definition) is 9. The van der Waals surface area contributed by atoms with E-state index in [4.69, 9.17) is 9.47 Å². The fourth-order valence-corrected chi connectivity index (χ4v) is 3.80. The molecule has 33 heavy (non-hydrogen) atoms. The summed E-state index contributed by atoms with van der Waals surface area (Å²) in [6.07, 6.45) is 3.61. The number of pyridine rings is 1. The van der Waals surface area contributed by atoms with Crippen LogP contribution in [0.5, 0.6) is 5.88 Å². The predicted octanol–water partition coefficient (Wildman–Crippen LogP) is 1.79. The maximum absolute atomic E-state index is 13.5. The number of nitriles is 1. The first kappa shape index (κ1) is 21.9. The third kappa shape index (κ3) is 4.36. The minimum atomic E-state index is -0.707. The van der Waals surface area contributed by atoms with Gasteiger partial charge < -0.3 is 14.4 Å². The summed E-state index contributed by atoms with van der Waals surface area (Å²) in [4.78, 5) is 32.9. The summed E-state index contributed by atoms with van der Waals surface area (Å²) in [6, 6.07) is 10.4. The molecule has 2 aromatic heterocycles. The number of ether oxygens (including phenoxy) is 2. The Morgan fingerprint density at radius 1 is 1.21 bits per heavy atom. The highest BCUT2D eigenvalue weighted by atomic mass is 16.5. The van der Waals surface area contributed by atoms with E-state index in [1.54, 1.807) is 29.2 Å². The van der Waals surface area contributed by atoms with Gasteiger partial charge in [0.2, 0.25) is 5.88 Å². The number of carbonyl (C=O) groups is 2. The maximum Gasteiger partial charge on any atom is 0.344 e. The molecule has 4 rings (SSSR count). The van der Waals surface area contributed by atoms with Crippen LogP contribution in [0.25, 0.3) is 5.69 Å². The Hall–Kier alpha value is -4.33. The molecule has 0 saturated carbocycles. The van der Waals surface area contributed by atoms with Gasteiger partial charge in [-0.3, -0.25) is 4.79 Å². The van der Waals surface area contributed by atoms with Crippen LogP contribution in [0.1, 0.15) is 46.0 Å². The molecule has 1 aliphatic heterocycles. The zero-order valence-electron chi connectivity index (χ0n) is 18.1. The van der Waals surface area contributed by atoms with E-state index < -0.39 is 12.1 Å². The van der Waals surface area contributed by atoms with Gasteiger partial charge in [-0.1, -0.05) is 12.1 Å². The van der Waals surface area contributed by atoms with Gasteiger partial charge in [0, 0.05) is 12.2 Å². The third-order valence-corrected chi connectivity index (χ3v) is 5.50. The molecule has 0 radical (unpaired) electrons. The number of rotatable bonds is 5. The fraction of sp³-hybridized carbons (Fsp3) is 0.318. The van der Waals surface area contributed by atoms with Crippen molar-refractivity contribution >= 4 is 11.9 Å². The van der Waals surface area contributed by atoms with Gasteiger partial charge in [-0.2, -0.15) is 5.26 Å². The Morgan fingerprint density at radius 3 is 2.76 bits per heavy atom. The van der Waals surface area contributed by atoms with Crippen LogP contribution in [-0.2, 0) is 4.74 Å². The summed E-state index contributed by atoms with van der Waals surface area (Å²) in [5.41, 5.74) is 1.04. The minimum absolute atomic E-state index is 0.0140. The highest BCUT2D eigenvalue weighted by Crippen LogP contribution is 2.27. The molecular weight excluding hydrogens is 426 g/mol. The minimum Gasteiger partial charge on any atom is -0.472 e. The number of aromatic nitrogens is 5. The van der Waals surface area contributed by atoms with Crippen LogP contribution in [0.4, 0.5) is 0 Å². The predicted molar refractivity (Wildman–Crippen MR) is 114 cm³/mol. The van der Waals surface area contributed by atoms with Crippen LogP contribution in [0, 0.1) is 11.3 Å². The SMILES string of the molecule is COC(=O)c1c(C#N)ccnc1OC1CCC(C)N(C(=O)c2ccccc2-n2ncnn2)C1. The molecule has 1 saturated heterocycles. The maximum atomic E-state index is 13.5. The Bertz CT molecular complexity index is 1210. The van der Waals surface area contributed by atoms with Gasteiger partial charge in [-0.05, 0) is 43.2 Å². The number of benzene rings is 1. The van der Waals surface area contributed by atoms with Gasteiger partial charge in [-0.25, -0.2) is 9.78 Å². The quantitative estimate of drug-likeness (QED) is 0.536. The molecule has 0 spiro atoms. The Kier molecular flexibility index (Phi) is 6.26. The molecule has 3 aromatic rings. The molecule has 0 N–H and O–H groups in total. The number of para-hydroxylation sites is 1. The molecule has 1 aliphatic rings. The number of hydrogen-bond donors (Lipinski definition) is 0. The molecule has 11 heteroatoms. The topological polar surface area (TPSA) is 136 Å². The standard InChI is InChI=1S/C22H21N7O4/c1-14-7-8-16(33-20-19(22(31)32-2)15(11-23)9-10-24-20)12-28(14)21(30)17-5-3-4-6-18(17)29-26-13-25-27-29/h3-6,9-10,13-14,16H,7-8,12H2,1-2H3. The second-order valence-corrected chi connectivity index (χ2v) is 7.51. The monoisotopic (exact) mass is 447 g/mol. The van der Waals surface area contributed by atoms with Gasteiger partial charge in [0.15, 0.2) is 6.33 Å². The van der Waals surface area contributed by atoms with Crippen molar-refractivity contribution in [3.63, 3.8) is 0 Å². The average Bonchev–Trinajstić information content (AvgIpc) is 3.39. The van der Waals surface area contributed by atoms with E-state index in [9.17, 15) is 14.9 Å². The lowest BCUT2D eigenvalue weighted by Crippen LogP contribution is -2.49. The molecule has 1 fully saturated rings. The van der Waals surface area contributed by atoms with E-state index in [0.717, 1.165) is 0 Å². The average molecular weight is 447 g/mol. The number of tetrazole rings is 1. The van der Waals surface area contributed by atoms with Gasteiger partial charge in [0.25, 0.3) is 5.91 Å². The Labute approximate surface area is 189 Å². The summed E-state index contributed by atoms with van der Waals surface area (Å²) >= 11 is 0. The van der Waals surface area contributed by atoms with E-state index in [0.29, 0.717) is 24.1 Å². The number of methoxy groups -OCH3 is 1. The van der Waals surface area contributed by atoms with Gasteiger partial charge >= 0.3 is 5.97 Å². The summed E-state index contributed by atoms with van der Waals surface area (Å²) in [6.45, 7) is 2.25. The Balaban J connectivity index is 1.59. The molecule has 11 nitrogen and oxygen atoms in total. The molecular formula is C22H21N7O4. The molecule has 2 unspecified atom stereocenters. The number of carbonyl (C=O) groups excluding carboxylic acids is 2. The highest BCUT2D eigenvalue weighted by Gasteiger charge is 2.33. The van der Waals surface area contributed by atoms with Gasteiger partial charge in [0.05, 0.1) is 24.8 Å². The summed E-state index contributed by atoms with van der Waals surface area (Å²) in [5.74, 6) is -0.892. The van der Waals surface area contributed by atoms with Crippen LogP contribution in [0.2, 0.25) is 0 Å². The first-order valence-electron chi connectivity index (χ1n) is 10.3. The smallest absolute Gasteiger partial charge is 0.344 e. The molecule has 2 atom stereocenters. The third-order valence-electron chi connectivity index (χ3n) is 5.50. The molecule has 0 bridgehead atoms. The zero-order chi connectivity index (χ0) is 23.4. The molecule has 168 valence electrons. The normalized spacial score (nSPS) is 17.8. The van der Waals surface area contributed by atoms with Crippen molar-refractivity contribution in [2.45, 2.75) is 31.9 Å². The molecule has 1 amide bonds. The first-order chi connectivity index (χ1) is 16.0. The summed E-state index contributed by atoms with van der Waals surface area (Å²) < 4.78 is 10.8. The zero-order valence-corrected chi connectivity index (χ0v) is 18.1. The van der Waals surface area contributed by atoms with E-state index in [-0.39, 0.29) is 35.5 Å². The lowest BCUT2D eigenvalue weighted by atomic mass is 9.99. The van der Waals surface area contributed by atoms with Crippen LogP contribution in [-0.4, -0.2) is 67.8 Å². The van der Waals surface area contributed by atoms with Crippen molar-refractivity contribution in [2.75, 3.05) is 13.7 Å². The van der Waals surface area contributed by atoms with Gasteiger partial charge in [-0.15, -0.1) is 15.0 Å². The molecule has 0 aliphatic carbocycles. The van der Waals surface area contributed by atoms with Crippen molar-refractivity contribution in [1.29, 1.82) is 5.26 Å². The van der Waals surface area contributed by atoms with E-state index in [1.807, 2.05) is 13.0 Å². The molecule has 1 aromatic carbocycles. The van der Waals surface area contributed by atoms with E-state index >= 15 is 0 Å². The van der Waals surface area contributed by atoms with E-state index in [1.165, 1.54) is 30.5 Å². The van der Waals surface area contributed by atoms with Gasteiger partial charge in [0.1, 0.15) is 23.4 Å². The summed E-state index contributed by atoms with van der Waals surface area (Å²) in [5, 5.41) is 21.0. The fourth-order valence-electron chi connectivity index (χ4n) is 3.80. The number of nitrogens with zero attached hydrogens (tertiary/aromatic N) is 7. The van der Waals surface area contributed by atoms with Crippen molar-refractivity contribution in [3.05, 3.63) is 59.5 Å². The van der Waals surface area contributed by atoms with Crippen molar-refractivity contribution in [2.24, 2.45) is 0 Å². The lowest BCUT2D eigenvalue weighted by Gasteiger charge is -2.38. The van der Waals surface area contributed by atoms with Crippen LogP contribution < -0.4 is 4.74 Å². The first-order valence-corrected chi connectivity index (χ1v) is 10.3. The van der Waals surface area contributed by atoms with Crippen LogP contribution in [0.3, 0.4) is 0 Å². The number of esters is 1. The number of amides is 1. The largest absolute Gasteiger partial charge is 0.472 e. The highest BCUT2D eigenvalue weighted by molar-refractivity contribution is 5.98.